The van der Waals surface area contributed by atoms with Gasteiger partial charge in [-0.25, -0.2) is 4.98 Å². The Hall–Kier alpha value is -5.54. The standard InChI is InChI=1S/C43H31N3/c1-43(2)36-17-9-8-13-28(36)33-25-40-35(24-37(33)43)34-23-26(18-21-39(34)46(40)27-11-4-3-5-12-27)38-20-19-32-30-16-10-22-44-41(30)29-14-6-7-15-31(29)42(32)45-38/h3-25,28,36H,1-2H3. The normalized spacial score (nSPS) is 18.2. The number of nitrogens with zero attached hydrogens (tertiary/aromatic N) is 3. The largest absolute Gasteiger partial charge is 0.309 e. The molecule has 3 heterocycles. The first-order chi connectivity index (χ1) is 22.6. The lowest BCUT2D eigenvalue weighted by Gasteiger charge is -2.29. The molecule has 5 aromatic carbocycles. The highest BCUT2D eigenvalue weighted by atomic mass is 15.0. The number of rotatable bonds is 2. The highest BCUT2D eigenvalue weighted by molar-refractivity contribution is 6.23. The van der Waals surface area contributed by atoms with Gasteiger partial charge in [-0.3, -0.25) is 4.98 Å². The minimum absolute atomic E-state index is 0.0484. The van der Waals surface area contributed by atoms with E-state index in [-0.39, 0.29) is 5.41 Å². The van der Waals surface area contributed by atoms with Gasteiger partial charge in [-0.2, -0.15) is 0 Å². The first kappa shape index (κ1) is 25.8. The van der Waals surface area contributed by atoms with Crippen LogP contribution < -0.4 is 0 Å². The SMILES string of the molecule is CC1(C)c2cc3c4cc(-c5ccc6c7cccnc7c7ccccc7c6n5)ccc4n(-c4ccccc4)c3cc2C2C=CC=CC21. The van der Waals surface area contributed by atoms with E-state index in [1.54, 1.807) is 0 Å². The van der Waals surface area contributed by atoms with Gasteiger partial charge in [-0.05, 0) is 77.1 Å². The summed E-state index contributed by atoms with van der Waals surface area (Å²) in [4.78, 5) is 10.1. The summed E-state index contributed by atoms with van der Waals surface area (Å²) >= 11 is 0. The van der Waals surface area contributed by atoms with Gasteiger partial charge >= 0.3 is 0 Å². The Balaban J connectivity index is 1.25. The van der Waals surface area contributed by atoms with E-state index in [9.17, 15) is 0 Å². The van der Waals surface area contributed by atoms with Crippen LogP contribution in [-0.2, 0) is 5.41 Å². The van der Waals surface area contributed by atoms with Crippen molar-refractivity contribution in [3.63, 3.8) is 0 Å². The number of benzene rings is 5. The average molecular weight is 590 g/mol. The smallest absolute Gasteiger partial charge is 0.0795 e. The Bertz CT molecular complexity index is 2580. The topological polar surface area (TPSA) is 30.7 Å². The number of aromatic nitrogens is 3. The quantitative estimate of drug-likeness (QED) is 0.188. The van der Waals surface area contributed by atoms with Crippen LogP contribution in [0.4, 0.5) is 0 Å². The van der Waals surface area contributed by atoms with E-state index in [0.29, 0.717) is 11.8 Å². The maximum absolute atomic E-state index is 5.36. The van der Waals surface area contributed by atoms with Crippen molar-refractivity contribution in [2.24, 2.45) is 5.92 Å². The third kappa shape index (κ3) is 3.43. The number of hydrogen-bond acceptors (Lipinski definition) is 2. The van der Waals surface area contributed by atoms with Crippen molar-refractivity contribution >= 4 is 54.4 Å². The Labute approximate surface area is 267 Å². The van der Waals surface area contributed by atoms with Gasteiger partial charge in [-0.15, -0.1) is 0 Å². The molecule has 46 heavy (non-hydrogen) atoms. The Morgan fingerprint density at radius 2 is 1.33 bits per heavy atom. The zero-order chi connectivity index (χ0) is 30.6. The summed E-state index contributed by atoms with van der Waals surface area (Å²) in [6.07, 6.45) is 11.1. The lowest BCUT2D eigenvalue weighted by Crippen LogP contribution is -2.24. The van der Waals surface area contributed by atoms with E-state index in [1.807, 2.05) is 12.3 Å². The molecule has 3 aromatic heterocycles. The Morgan fingerprint density at radius 3 is 2.17 bits per heavy atom. The predicted octanol–water partition coefficient (Wildman–Crippen LogP) is 10.8. The van der Waals surface area contributed by atoms with Gasteiger partial charge < -0.3 is 4.57 Å². The second kappa shape index (κ2) is 9.24. The van der Waals surface area contributed by atoms with Gasteiger partial charge in [0, 0.05) is 55.7 Å². The van der Waals surface area contributed by atoms with E-state index in [2.05, 4.69) is 146 Å². The van der Waals surface area contributed by atoms with Crippen LogP contribution in [0.5, 0.6) is 0 Å². The fourth-order valence-electron chi connectivity index (χ4n) is 8.48. The van der Waals surface area contributed by atoms with E-state index in [4.69, 9.17) is 9.97 Å². The Kier molecular flexibility index (Phi) is 5.18. The van der Waals surface area contributed by atoms with Crippen molar-refractivity contribution in [3.05, 3.63) is 151 Å². The van der Waals surface area contributed by atoms with Crippen molar-refractivity contribution in [2.75, 3.05) is 0 Å². The number of fused-ring (bicyclic) bond motifs is 12. The van der Waals surface area contributed by atoms with Gasteiger partial charge in [0.1, 0.15) is 0 Å². The van der Waals surface area contributed by atoms with Crippen LogP contribution in [-0.4, -0.2) is 14.5 Å². The summed E-state index contributed by atoms with van der Waals surface area (Å²) in [7, 11) is 0. The molecule has 0 spiro atoms. The molecule has 0 bridgehead atoms. The zero-order valence-electron chi connectivity index (χ0n) is 25.8. The molecule has 2 unspecified atom stereocenters. The summed E-state index contributed by atoms with van der Waals surface area (Å²) in [5, 5.41) is 7.09. The van der Waals surface area contributed by atoms with Crippen LogP contribution in [0.15, 0.2) is 140 Å². The lowest BCUT2D eigenvalue weighted by atomic mass is 9.74. The maximum Gasteiger partial charge on any atom is 0.0795 e. The highest BCUT2D eigenvalue weighted by Gasteiger charge is 2.44. The van der Waals surface area contributed by atoms with E-state index >= 15 is 0 Å². The zero-order valence-corrected chi connectivity index (χ0v) is 25.8. The van der Waals surface area contributed by atoms with E-state index in [1.165, 1.54) is 38.6 Å². The van der Waals surface area contributed by atoms with Crippen molar-refractivity contribution in [1.29, 1.82) is 0 Å². The summed E-state index contributed by atoms with van der Waals surface area (Å²) in [6.45, 7) is 4.83. The number of hydrogen-bond donors (Lipinski definition) is 0. The molecule has 0 radical (unpaired) electrons. The molecule has 3 nitrogen and oxygen atoms in total. The molecular weight excluding hydrogens is 558 g/mol. The molecule has 0 saturated carbocycles. The van der Waals surface area contributed by atoms with Crippen molar-refractivity contribution in [1.82, 2.24) is 14.5 Å². The summed E-state index contributed by atoms with van der Waals surface area (Å²) in [6, 6.07) is 39.7. The van der Waals surface area contributed by atoms with Crippen LogP contribution in [0, 0.1) is 5.92 Å². The van der Waals surface area contributed by atoms with Gasteiger partial charge in [0.05, 0.1) is 27.8 Å². The third-order valence-corrected chi connectivity index (χ3v) is 10.7. The van der Waals surface area contributed by atoms with Crippen molar-refractivity contribution in [3.8, 4) is 16.9 Å². The first-order valence-corrected chi connectivity index (χ1v) is 16.2. The lowest BCUT2D eigenvalue weighted by molar-refractivity contribution is 0.394. The van der Waals surface area contributed by atoms with Crippen LogP contribution in [0.3, 0.4) is 0 Å². The first-order valence-electron chi connectivity index (χ1n) is 16.2. The third-order valence-electron chi connectivity index (χ3n) is 10.7. The predicted molar refractivity (Wildman–Crippen MR) is 192 cm³/mol. The summed E-state index contributed by atoms with van der Waals surface area (Å²) in [5.74, 6) is 0.869. The number of para-hydroxylation sites is 1. The van der Waals surface area contributed by atoms with Crippen LogP contribution in [0.25, 0.3) is 71.3 Å². The monoisotopic (exact) mass is 589 g/mol. The fourth-order valence-corrected chi connectivity index (χ4v) is 8.48. The van der Waals surface area contributed by atoms with E-state index in [0.717, 1.165) is 43.8 Å². The molecule has 218 valence electrons. The van der Waals surface area contributed by atoms with Crippen molar-refractivity contribution in [2.45, 2.75) is 25.2 Å². The highest BCUT2D eigenvalue weighted by Crippen LogP contribution is 2.54. The number of pyridine rings is 2. The molecule has 2 aliphatic rings. The summed E-state index contributed by atoms with van der Waals surface area (Å²) in [5.41, 5.74) is 10.7. The minimum atomic E-state index is 0.0484. The molecule has 3 heteroatoms. The van der Waals surface area contributed by atoms with E-state index < -0.39 is 0 Å². The Morgan fingerprint density at radius 1 is 0.609 bits per heavy atom. The second-order valence-corrected chi connectivity index (χ2v) is 13.4. The fraction of sp³-hybridized carbons (Fsp3) is 0.116. The molecule has 0 aliphatic heterocycles. The molecule has 0 N–H and O–H groups in total. The van der Waals surface area contributed by atoms with Gasteiger partial charge in [-0.1, -0.05) is 92.7 Å². The van der Waals surface area contributed by atoms with Gasteiger partial charge in [0.25, 0.3) is 0 Å². The number of allylic oxidation sites excluding steroid dienone is 4. The molecule has 0 saturated heterocycles. The summed E-state index contributed by atoms with van der Waals surface area (Å²) < 4.78 is 2.44. The van der Waals surface area contributed by atoms with Crippen LogP contribution in [0.1, 0.15) is 30.9 Å². The molecule has 2 atom stereocenters. The molecule has 10 rings (SSSR count). The maximum atomic E-state index is 5.36. The van der Waals surface area contributed by atoms with Gasteiger partial charge in [0.15, 0.2) is 0 Å². The second-order valence-electron chi connectivity index (χ2n) is 13.4. The van der Waals surface area contributed by atoms with Crippen molar-refractivity contribution < 1.29 is 0 Å². The molecule has 8 aromatic rings. The van der Waals surface area contributed by atoms with Crippen LogP contribution in [0.2, 0.25) is 0 Å². The van der Waals surface area contributed by atoms with Crippen LogP contribution >= 0.6 is 0 Å². The molecule has 0 amide bonds. The average Bonchev–Trinajstić information content (AvgIpc) is 3.55. The van der Waals surface area contributed by atoms with Gasteiger partial charge in [0.2, 0.25) is 0 Å². The molecule has 2 aliphatic carbocycles. The molecular formula is C43H31N3. The minimum Gasteiger partial charge on any atom is -0.309 e. The molecule has 0 fully saturated rings.